The average molecular weight is 423 g/mol. The first kappa shape index (κ1) is 19.1. The summed E-state index contributed by atoms with van der Waals surface area (Å²) in [5.41, 5.74) is -1.76. The van der Waals surface area contributed by atoms with Crippen LogP contribution in [0.25, 0.3) is 5.65 Å². The van der Waals surface area contributed by atoms with E-state index in [9.17, 15) is 23.2 Å². The first-order valence-corrected chi connectivity index (χ1v) is 9.04. The van der Waals surface area contributed by atoms with E-state index >= 15 is 0 Å². The Bertz CT molecular complexity index is 1150. The Kier molecular flexibility index (Phi) is 4.62. The van der Waals surface area contributed by atoms with Crippen LogP contribution in [0.2, 0.25) is 5.02 Å². The minimum absolute atomic E-state index is 0.0377. The molecule has 1 aromatic carbocycles. The second-order valence-corrected chi connectivity index (χ2v) is 6.97. The number of hydrogen-bond donors (Lipinski definition) is 1. The molecule has 1 aliphatic heterocycles. The fourth-order valence-electron chi connectivity index (χ4n) is 3.37. The molecule has 0 bridgehead atoms. The SMILES string of the molecule is N#Cc1c(N2CCN(c3ccc(Cl)cc3)CC2)[nH]n2c(=O)c(C(F)(F)F)cnc12. The number of H-pyrrole nitrogens is 1. The molecule has 0 unspecified atom stereocenters. The number of alkyl halides is 3. The van der Waals surface area contributed by atoms with Crippen LogP contribution in [0.15, 0.2) is 35.3 Å². The van der Waals surface area contributed by atoms with E-state index in [-0.39, 0.29) is 17.0 Å². The van der Waals surface area contributed by atoms with Gasteiger partial charge in [-0.3, -0.25) is 9.89 Å². The van der Waals surface area contributed by atoms with Gasteiger partial charge in [0.05, 0.1) is 0 Å². The fourth-order valence-corrected chi connectivity index (χ4v) is 3.50. The number of benzene rings is 1. The molecule has 3 aromatic rings. The summed E-state index contributed by atoms with van der Waals surface area (Å²) in [4.78, 5) is 19.9. The van der Waals surface area contributed by atoms with Gasteiger partial charge in [0.15, 0.2) is 5.65 Å². The second-order valence-electron chi connectivity index (χ2n) is 6.53. The zero-order valence-corrected chi connectivity index (χ0v) is 15.6. The summed E-state index contributed by atoms with van der Waals surface area (Å²) in [6.45, 7) is 2.26. The highest BCUT2D eigenvalue weighted by Gasteiger charge is 2.36. The van der Waals surface area contributed by atoms with Gasteiger partial charge in [-0.25, -0.2) is 4.98 Å². The third kappa shape index (κ3) is 3.38. The number of fused-ring (bicyclic) bond motifs is 1. The van der Waals surface area contributed by atoms with Gasteiger partial charge in [-0.1, -0.05) is 11.6 Å². The minimum Gasteiger partial charge on any atom is -0.368 e. The lowest BCUT2D eigenvalue weighted by atomic mass is 10.2. The topological polar surface area (TPSA) is 80.4 Å². The van der Waals surface area contributed by atoms with Gasteiger partial charge < -0.3 is 9.80 Å². The molecule has 150 valence electrons. The molecule has 0 saturated carbocycles. The van der Waals surface area contributed by atoms with Gasteiger partial charge in [0.25, 0.3) is 5.56 Å². The number of aromatic amines is 1. The van der Waals surface area contributed by atoms with Crippen LogP contribution in [-0.4, -0.2) is 40.8 Å². The highest BCUT2D eigenvalue weighted by molar-refractivity contribution is 6.30. The zero-order valence-electron chi connectivity index (χ0n) is 14.9. The maximum absolute atomic E-state index is 13.0. The average Bonchev–Trinajstić information content (AvgIpc) is 3.07. The van der Waals surface area contributed by atoms with Crippen LogP contribution in [0, 0.1) is 11.3 Å². The predicted octanol–water partition coefficient (Wildman–Crippen LogP) is 2.89. The summed E-state index contributed by atoms with van der Waals surface area (Å²) < 4.78 is 39.7. The first-order valence-electron chi connectivity index (χ1n) is 8.66. The highest BCUT2D eigenvalue weighted by atomic mass is 35.5. The van der Waals surface area contributed by atoms with E-state index in [2.05, 4.69) is 15.0 Å². The summed E-state index contributed by atoms with van der Waals surface area (Å²) in [6.07, 6.45) is -4.36. The number of nitrogens with one attached hydrogen (secondary N) is 1. The third-order valence-electron chi connectivity index (χ3n) is 4.84. The smallest absolute Gasteiger partial charge is 0.368 e. The molecule has 1 fully saturated rings. The Labute approximate surface area is 167 Å². The number of hydrogen-bond acceptors (Lipinski definition) is 5. The van der Waals surface area contributed by atoms with Crippen molar-refractivity contribution in [2.24, 2.45) is 0 Å². The molecule has 0 amide bonds. The Hall–Kier alpha value is -3.19. The number of aromatic nitrogens is 3. The van der Waals surface area contributed by atoms with E-state index in [1.54, 1.807) is 12.1 Å². The van der Waals surface area contributed by atoms with Gasteiger partial charge in [-0.2, -0.15) is 22.9 Å². The van der Waals surface area contributed by atoms with Crippen molar-refractivity contribution in [3.63, 3.8) is 0 Å². The molecule has 0 radical (unpaired) electrons. The Morgan fingerprint density at radius 2 is 1.72 bits per heavy atom. The Balaban J connectivity index is 1.65. The molecule has 1 N–H and O–H groups in total. The van der Waals surface area contributed by atoms with Crippen LogP contribution < -0.4 is 15.4 Å². The maximum atomic E-state index is 13.0. The van der Waals surface area contributed by atoms with Crippen LogP contribution in [0.3, 0.4) is 0 Å². The Morgan fingerprint density at radius 3 is 2.31 bits per heavy atom. The van der Waals surface area contributed by atoms with Crippen molar-refractivity contribution in [2.75, 3.05) is 36.0 Å². The first-order chi connectivity index (χ1) is 13.8. The third-order valence-corrected chi connectivity index (χ3v) is 5.10. The molecule has 4 rings (SSSR count). The molecule has 29 heavy (non-hydrogen) atoms. The van der Waals surface area contributed by atoms with Crippen molar-refractivity contribution < 1.29 is 13.2 Å². The zero-order chi connectivity index (χ0) is 20.8. The van der Waals surface area contributed by atoms with Gasteiger partial charge in [0, 0.05) is 43.1 Å². The summed E-state index contributed by atoms with van der Waals surface area (Å²) in [6, 6.07) is 9.35. The van der Waals surface area contributed by atoms with E-state index in [1.165, 1.54) is 0 Å². The lowest BCUT2D eigenvalue weighted by molar-refractivity contribution is -0.139. The molecular formula is C18H14ClF3N6O. The van der Waals surface area contributed by atoms with Gasteiger partial charge >= 0.3 is 6.18 Å². The molecule has 0 atom stereocenters. The van der Waals surface area contributed by atoms with Crippen LogP contribution >= 0.6 is 11.6 Å². The standard InChI is InChI=1S/C18H14ClF3N6O/c19-11-1-3-12(4-2-11)26-5-7-27(8-6-26)16-13(9-23)15-24-10-14(18(20,21)22)17(29)28(15)25-16/h1-4,10,25H,5-8H2. The van der Waals surface area contributed by atoms with Crippen molar-refractivity contribution in [1.29, 1.82) is 5.26 Å². The molecule has 7 nitrogen and oxygen atoms in total. The van der Waals surface area contributed by atoms with Crippen LogP contribution in [0.4, 0.5) is 24.7 Å². The lowest BCUT2D eigenvalue weighted by Gasteiger charge is -2.36. The number of piperazine rings is 1. The number of nitrogens with zero attached hydrogens (tertiary/aromatic N) is 5. The molecule has 11 heteroatoms. The molecule has 1 saturated heterocycles. The normalized spacial score (nSPS) is 15.0. The lowest BCUT2D eigenvalue weighted by Crippen LogP contribution is -2.47. The van der Waals surface area contributed by atoms with Crippen molar-refractivity contribution in [3.8, 4) is 6.07 Å². The minimum atomic E-state index is -4.83. The van der Waals surface area contributed by atoms with Crippen LogP contribution in [0.1, 0.15) is 11.1 Å². The number of halogens is 4. The number of anilines is 2. The Morgan fingerprint density at radius 1 is 1.10 bits per heavy atom. The van der Waals surface area contributed by atoms with E-state index in [1.807, 2.05) is 23.1 Å². The van der Waals surface area contributed by atoms with E-state index in [0.29, 0.717) is 41.9 Å². The van der Waals surface area contributed by atoms with Gasteiger partial charge in [0.1, 0.15) is 23.0 Å². The van der Waals surface area contributed by atoms with Crippen molar-refractivity contribution in [3.05, 3.63) is 57.0 Å². The van der Waals surface area contributed by atoms with Crippen molar-refractivity contribution in [2.45, 2.75) is 6.18 Å². The summed E-state index contributed by atoms with van der Waals surface area (Å²) in [7, 11) is 0. The summed E-state index contributed by atoms with van der Waals surface area (Å²) in [5.74, 6) is 0.284. The van der Waals surface area contributed by atoms with Crippen LogP contribution in [0.5, 0.6) is 0 Å². The van der Waals surface area contributed by atoms with Gasteiger partial charge in [0.2, 0.25) is 0 Å². The van der Waals surface area contributed by atoms with Crippen LogP contribution in [-0.2, 0) is 6.18 Å². The quantitative estimate of drug-likeness (QED) is 0.687. The molecule has 0 spiro atoms. The maximum Gasteiger partial charge on any atom is 0.423 e. The number of nitriles is 1. The number of rotatable bonds is 2. The van der Waals surface area contributed by atoms with Gasteiger partial charge in [-0.05, 0) is 24.3 Å². The largest absolute Gasteiger partial charge is 0.423 e. The summed E-state index contributed by atoms with van der Waals surface area (Å²) in [5, 5.41) is 12.8. The molecule has 0 aliphatic carbocycles. The van der Waals surface area contributed by atoms with Crippen molar-refractivity contribution in [1.82, 2.24) is 14.6 Å². The summed E-state index contributed by atoms with van der Waals surface area (Å²) >= 11 is 5.91. The van der Waals surface area contributed by atoms with Crippen molar-refractivity contribution >= 4 is 28.8 Å². The predicted molar refractivity (Wildman–Crippen MR) is 101 cm³/mol. The van der Waals surface area contributed by atoms with Gasteiger partial charge in [-0.15, -0.1) is 0 Å². The van der Waals surface area contributed by atoms with E-state index in [4.69, 9.17) is 11.6 Å². The molecular weight excluding hydrogens is 409 g/mol. The fraction of sp³-hybridized carbons (Fsp3) is 0.278. The molecule has 1 aliphatic rings. The monoisotopic (exact) mass is 422 g/mol. The molecule has 2 aromatic heterocycles. The van der Waals surface area contributed by atoms with E-state index < -0.39 is 17.3 Å². The highest BCUT2D eigenvalue weighted by Crippen LogP contribution is 2.28. The van der Waals surface area contributed by atoms with E-state index in [0.717, 1.165) is 5.69 Å². The second kappa shape index (κ2) is 7.00. The molecule has 3 heterocycles.